The molecular formula is C17H24Cl2N2O. The van der Waals surface area contributed by atoms with E-state index in [4.69, 9.17) is 27.9 Å². The SMILES string of the molecule is Clc1cccc(CN(C2CCNCC2)C2CCOCC2)c1Cl. The van der Waals surface area contributed by atoms with Gasteiger partial charge in [0.1, 0.15) is 0 Å². The lowest BCUT2D eigenvalue weighted by atomic mass is 9.97. The van der Waals surface area contributed by atoms with Crippen LogP contribution >= 0.6 is 23.2 Å². The van der Waals surface area contributed by atoms with Gasteiger partial charge in [0.25, 0.3) is 0 Å². The molecule has 0 unspecified atom stereocenters. The summed E-state index contributed by atoms with van der Waals surface area (Å²) in [7, 11) is 0. The van der Waals surface area contributed by atoms with Crippen LogP contribution in [0.3, 0.4) is 0 Å². The molecule has 1 aromatic rings. The van der Waals surface area contributed by atoms with Gasteiger partial charge in [-0.05, 0) is 50.4 Å². The summed E-state index contributed by atoms with van der Waals surface area (Å²) >= 11 is 12.6. The average molecular weight is 343 g/mol. The molecule has 122 valence electrons. The van der Waals surface area contributed by atoms with Gasteiger partial charge in [0, 0.05) is 31.8 Å². The Morgan fingerprint density at radius 2 is 1.73 bits per heavy atom. The van der Waals surface area contributed by atoms with Crippen molar-refractivity contribution in [1.82, 2.24) is 10.2 Å². The summed E-state index contributed by atoms with van der Waals surface area (Å²) in [6, 6.07) is 7.17. The van der Waals surface area contributed by atoms with Gasteiger partial charge in [-0.3, -0.25) is 4.90 Å². The maximum Gasteiger partial charge on any atom is 0.0637 e. The van der Waals surface area contributed by atoms with E-state index in [1.165, 1.54) is 12.8 Å². The topological polar surface area (TPSA) is 24.5 Å². The van der Waals surface area contributed by atoms with Gasteiger partial charge in [0.15, 0.2) is 0 Å². The third-order valence-corrected chi connectivity index (χ3v) is 5.68. The Hall–Kier alpha value is -0.320. The van der Waals surface area contributed by atoms with E-state index in [1.54, 1.807) is 0 Å². The Morgan fingerprint density at radius 1 is 1.05 bits per heavy atom. The normalized spacial score (nSPS) is 21.4. The van der Waals surface area contributed by atoms with E-state index in [0.717, 1.165) is 51.3 Å². The summed E-state index contributed by atoms with van der Waals surface area (Å²) in [5.74, 6) is 0. The number of ether oxygens (including phenoxy) is 1. The largest absolute Gasteiger partial charge is 0.381 e. The van der Waals surface area contributed by atoms with Crippen molar-refractivity contribution in [3.63, 3.8) is 0 Å². The Morgan fingerprint density at radius 3 is 2.45 bits per heavy atom. The van der Waals surface area contributed by atoms with Crippen LogP contribution in [0.25, 0.3) is 0 Å². The third kappa shape index (κ3) is 3.95. The number of piperidine rings is 1. The Bertz CT molecular complexity index is 468. The highest BCUT2D eigenvalue weighted by molar-refractivity contribution is 6.42. The minimum atomic E-state index is 0.590. The van der Waals surface area contributed by atoms with Crippen LogP contribution in [0.5, 0.6) is 0 Å². The van der Waals surface area contributed by atoms with Crippen LogP contribution in [0.1, 0.15) is 31.2 Å². The van der Waals surface area contributed by atoms with E-state index in [-0.39, 0.29) is 0 Å². The van der Waals surface area contributed by atoms with Crippen molar-refractivity contribution in [2.24, 2.45) is 0 Å². The van der Waals surface area contributed by atoms with Crippen LogP contribution in [0.15, 0.2) is 18.2 Å². The first-order valence-electron chi connectivity index (χ1n) is 8.23. The molecule has 0 saturated carbocycles. The highest BCUT2D eigenvalue weighted by Crippen LogP contribution is 2.30. The fourth-order valence-corrected chi connectivity index (χ4v) is 3.96. The predicted molar refractivity (Wildman–Crippen MR) is 91.7 cm³/mol. The van der Waals surface area contributed by atoms with Gasteiger partial charge in [0.2, 0.25) is 0 Å². The van der Waals surface area contributed by atoms with Gasteiger partial charge in [0.05, 0.1) is 10.0 Å². The van der Waals surface area contributed by atoms with Crippen LogP contribution < -0.4 is 5.32 Å². The summed E-state index contributed by atoms with van der Waals surface area (Å²) in [4.78, 5) is 2.65. The van der Waals surface area contributed by atoms with Crippen molar-refractivity contribution < 1.29 is 4.74 Å². The number of nitrogens with one attached hydrogen (secondary N) is 1. The molecule has 5 heteroatoms. The third-order valence-electron chi connectivity index (χ3n) is 4.82. The van der Waals surface area contributed by atoms with Crippen LogP contribution in [0, 0.1) is 0 Å². The van der Waals surface area contributed by atoms with Crippen molar-refractivity contribution in [2.45, 2.75) is 44.3 Å². The van der Waals surface area contributed by atoms with Gasteiger partial charge < -0.3 is 10.1 Å². The standard InChI is InChI=1S/C17H24Cl2N2O/c18-16-3-1-2-13(17(16)19)12-21(14-4-8-20-9-5-14)15-6-10-22-11-7-15/h1-3,14-15,20H,4-12H2. The van der Waals surface area contributed by atoms with E-state index in [1.807, 2.05) is 12.1 Å². The van der Waals surface area contributed by atoms with E-state index in [9.17, 15) is 0 Å². The van der Waals surface area contributed by atoms with Crippen LogP contribution in [-0.4, -0.2) is 43.3 Å². The molecule has 3 rings (SSSR count). The zero-order valence-corrected chi connectivity index (χ0v) is 14.4. The second-order valence-electron chi connectivity index (χ2n) is 6.21. The molecule has 0 spiro atoms. The minimum absolute atomic E-state index is 0.590. The molecule has 0 bridgehead atoms. The lowest BCUT2D eigenvalue weighted by Crippen LogP contribution is -2.49. The quantitative estimate of drug-likeness (QED) is 0.902. The smallest absolute Gasteiger partial charge is 0.0637 e. The maximum atomic E-state index is 6.42. The van der Waals surface area contributed by atoms with Crippen LogP contribution in [0.2, 0.25) is 10.0 Å². The fraction of sp³-hybridized carbons (Fsp3) is 0.647. The Balaban J connectivity index is 1.79. The molecule has 2 aliphatic rings. The molecule has 0 atom stereocenters. The number of hydrogen-bond donors (Lipinski definition) is 1. The van der Waals surface area contributed by atoms with E-state index in [0.29, 0.717) is 22.1 Å². The van der Waals surface area contributed by atoms with E-state index >= 15 is 0 Å². The lowest BCUT2D eigenvalue weighted by molar-refractivity contribution is 0.00632. The summed E-state index contributed by atoms with van der Waals surface area (Å²) in [6.45, 7) is 4.83. The van der Waals surface area contributed by atoms with Gasteiger partial charge in [-0.1, -0.05) is 35.3 Å². The zero-order chi connectivity index (χ0) is 15.4. The predicted octanol–water partition coefficient (Wildman–Crippen LogP) is 3.73. The molecule has 0 radical (unpaired) electrons. The van der Waals surface area contributed by atoms with Gasteiger partial charge >= 0.3 is 0 Å². The number of benzene rings is 1. The number of halogens is 2. The Labute approximate surface area is 142 Å². The fourth-order valence-electron chi connectivity index (χ4n) is 3.58. The molecule has 2 heterocycles. The highest BCUT2D eigenvalue weighted by atomic mass is 35.5. The van der Waals surface area contributed by atoms with Crippen molar-refractivity contribution in [1.29, 1.82) is 0 Å². The molecule has 1 aromatic carbocycles. The molecule has 0 aliphatic carbocycles. The van der Waals surface area contributed by atoms with Crippen molar-refractivity contribution >= 4 is 23.2 Å². The van der Waals surface area contributed by atoms with Crippen molar-refractivity contribution in [2.75, 3.05) is 26.3 Å². The molecule has 1 N–H and O–H groups in total. The van der Waals surface area contributed by atoms with Crippen LogP contribution in [0.4, 0.5) is 0 Å². The summed E-state index contributed by atoms with van der Waals surface area (Å²) in [5.41, 5.74) is 1.14. The van der Waals surface area contributed by atoms with E-state index < -0.39 is 0 Å². The molecule has 0 aromatic heterocycles. The van der Waals surface area contributed by atoms with Gasteiger partial charge in [-0.15, -0.1) is 0 Å². The molecule has 2 saturated heterocycles. The average Bonchev–Trinajstić information content (AvgIpc) is 2.58. The van der Waals surface area contributed by atoms with Crippen molar-refractivity contribution in [3.05, 3.63) is 33.8 Å². The Kier molecular flexibility index (Phi) is 6.00. The van der Waals surface area contributed by atoms with Gasteiger partial charge in [-0.25, -0.2) is 0 Å². The zero-order valence-electron chi connectivity index (χ0n) is 12.9. The molecule has 22 heavy (non-hydrogen) atoms. The number of nitrogens with zero attached hydrogens (tertiary/aromatic N) is 1. The molecular weight excluding hydrogens is 319 g/mol. The molecule has 0 amide bonds. The second-order valence-corrected chi connectivity index (χ2v) is 7.00. The number of rotatable bonds is 4. The monoisotopic (exact) mass is 342 g/mol. The highest BCUT2D eigenvalue weighted by Gasteiger charge is 2.29. The number of hydrogen-bond acceptors (Lipinski definition) is 3. The van der Waals surface area contributed by atoms with Crippen LogP contribution in [-0.2, 0) is 11.3 Å². The summed E-state index contributed by atoms with van der Waals surface area (Å²) in [6.07, 6.45) is 4.63. The summed E-state index contributed by atoms with van der Waals surface area (Å²) < 4.78 is 5.54. The van der Waals surface area contributed by atoms with Gasteiger partial charge in [-0.2, -0.15) is 0 Å². The summed E-state index contributed by atoms with van der Waals surface area (Å²) in [5, 5.41) is 4.81. The second kappa shape index (κ2) is 7.98. The minimum Gasteiger partial charge on any atom is -0.381 e. The van der Waals surface area contributed by atoms with E-state index in [2.05, 4.69) is 16.3 Å². The lowest BCUT2D eigenvalue weighted by Gasteiger charge is -2.42. The molecule has 2 fully saturated rings. The maximum absolute atomic E-state index is 6.42. The molecule has 2 aliphatic heterocycles. The first-order chi connectivity index (χ1) is 10.8. The molecule has 3 nitrogen and oxygen atoms in total. The van der Waals surface area contributed by atoms with Crippen molar-refractivity contribution in [3.8, 4) is 0 Å². The first-order valence-corrected chi connectivity index (χ1v) is 8.98. The first kappa shape index (κ1) is 16.5.